The number of likely N-dealkylation sites (tertiary alicyclic amines) is 1. The summed E-state index contributed by atoms with van der Waals surface area (Å²) in [5.74, 6) is -1.54. The molecule has 216 valence electrons. The van der Waals surface area contributed by atoms with Crippen molar-refractivity contribution in [2.75, 3.05) is 26.3 Å². The normalized spacial score (nSPS) is 14.5. The van der Waals surface area contributed by atoms with Gasteiger partial charge in [-0.3, -0.25) is 14.4 Å². The summed E-state index contributed by atoms with van der Waals surface area (Å²) in [6, 6.07) is 8.22. The molecule has 4 rings (SSSR count). The van der Waals surface area contributed by atoms with Crippen LogP contribution in [0.1, 0.15) is 41.5 Å². The topological polar surface area (TPSA) is 106 Å². The summed E-state index contributed by atoms with van der Waals surface area (Å²) in [7, 11) is 1.50. The largest absolute Gasteiger partial charge is 0.481 e. The number of benzene rings is 1. The van der Waals surface area contributed by atoms with E-state index in [0.29, 0.717) is 43.1 Å². The molecule has 0 atom stereocenters. The van der Waals surface area contributed by atoms with Crippen molar-refractivity contribution in [2.24, 2.45) is 7.05 Å². The molecule has 40 heavy (non-hydrogen) atoms. The number of hydrogen-bond acceptors (Lipinski definition) is 5. The molecule has 0 radical (unpaired) electrons. The Bertz CT molecular complexity index is 1480. The fourth-order valence-electron chi connectivity index (χ4n) is 5.01. The van der Waals surface area contributed by atoms with Gasteiger partial charge in [0.1, 0.15) is 12.0 Å². The van der Waals surface area contributed by atoms with Crippen LogP contribution in [0.25, 0.3) is 10.9 Å². The quantitative estimate of drug-likeness (QED) is 0.424. The lowest BCUT2D eigenvalue weighted by atomic mass is 10.0. The number of rotatable bonds is 8. The number of alkyl halides is 3. The van der Waals surface area contributed by atoms with E-state index in [9.17, 15) is 27.6 Å². The van der Waals surface area contributed by atoms with Crippen LogP contribution in [0.3, 0.4) is 0 Å². The lowest BCUT2D eigenvalue weighted by Crippen LogP contribution is -2.47. The first kappa shape index (κ1) is 29.5. The first-order valence-corrected chi connectivity index (χ1v) is 13.2. The fraction of sp³-hybridized carbons (Fsp3) is 0.444. The van der Waals surface area contributed by atoms with Crippen LogP contribution in [0, 0.1) is 0 Å². The highest BCUT2D eigenvalue weighted by atomic mass is 35.5. The maximum atomic E-state index is 13.8. The van der Waals surface area contributed by atoms with Crippen LogP contribution in [-0.2, 0) is 24.8 Å². The number of pyridine rings is 1. The average Bonchev–Trinajstić information content (AvgIpc) is 3.20. The second-order valence-corrected chi connectivity index (χ2v) is 10.1. The minimum absolute atomic E-state index is 0.124. The van der Waals surface area contributed by atoms with Crippen LogP contribution in [0.2, 0.25) is 5.02 Å². The minimum atomic E-state index is -4.70. The Morgan fingerprint density at radius 2 is 1.90 bits per heavy atom. The number of ether oxygens (including phenoxy) is 1. The van der Waals surface area contributed by atoms with Crippen LogP contribution in [0.4, 0.5) is 13.2 Å². The van der Waals surface area contributed by atoms with Crippen molar-refractivity contribution in [1.29, 1.82) is 0 Å². The number of aromatic nitrogens is 2. The van der Waals surface area contributed by atoms with Gasteiger partial charge in [-0.25, -0.2) is 0 Å². The molecule has 2 amide bonds. The molecule has 1 aliphatic rings. The Morgan fingerprint density at radius 1 is 1.20 bits per heavy atom. The Labute approximate surface area is 233 Å². The molecule has 3 heterocycles. The van der Waals surface area contributed by atoms with Crippen molar-refractivity contribution < 1.29 is 32.6 Å². The van der Waals surface area contributed by atoms with Crippen molar-refractivity contribution in [3.8, 4) is 5.75 Å². The maximum Gasteiger partial charge on any atom is 0.422 e. The molecule has 0 saturated carbocycles. The molecule has 1 aliphatic heterocycles. The monoisotopic (exact) mass is 582 g/mol. The molecule has 0 spiro atoms. The number of carbonyl (C=O) groups is 2. The third-order valence-corrected chi connectivity index (χ3v) is 7.24. The van der Waals surface area contributed by atoms with Gasteiger partial charge in [0.15, 0.2) is 18.1 Å². The first-order chi connectivity index (χ1) is 18.9. The van der Waals surface area contributed by atoms with Gasteiger partial charge in [-0.05, 0) is 43.0 Å². The van der Waals surface area contributed by atoms with E-state index in [1.807, 2.05) is 6.92 Å². The van der Waals surface area contributed by atoms with Crippen molar-refractivity contribution >= 4 is 34.3 Å². The van der Waals surface area contributed by atoms with Gasteiger partial charge >= 0.3 is 6.18 Å². The van der Waals surface area contributed by atoms with E-state index in [0.717, 1.165) is 5.56 Å². The van der Waals surface area contributed by atoms with Crippen LogP contribution in [-0.4, -0.2) is 69.5 Å². The van der Waals surface area contributed by atoms with Gasteiger partial charge < -0.3 is 29.2 Å². The molecule has 0 unspecified atom stereocenters. The van der Waals surface area contributed by atoms with Crippen LogP contribution in [0.15, 0.2) is 35.1 Å². The van der Waals surface area contributed by atoms with Gasteiger partial charge in [0.05, 0.1) is 12.1 Å². The number of nitrogens with one attached hydrogen (secondary N) is 1. The molecule has 1 aromatic carbocycles. The van der Waals surface area contributed by atoms with E-state index in [1.54, 1.807) is 30.3 Å². The number of carbonyl (C=O) groups excluding carboxylic acids is 2. The van der Waals surface area contributed by atoms with Gasteiger partial charge in [-0.15, -0.1) is 0 Å². The molecule has 9 nitrogen and oxygen atoms in total. The smallest absolute Gasteiger partial charge is 0.422 e. The van der Waals surface area contributed by atoms with E-state index >= 15 is 0 Å². The zero-order valence-electron chi connectivity index (χ0n) is 22.1. The number of piperidine rings is 1. The Morgan fingerprint density at radius 3 is 2.50 bits per heavy atom. The Balaban J connectivity index is 1.76. The zero-order valence-corrected chi connectivity index (χ0v) is 22.8. The Hall–Kier alpha value is -3.51. The van der Waals surface area contributed by atoms with Crippen LogP contribution < -0.4 is 15.6 Å². The predicted molar refractivity (Wildman–Crippen MR) is 143 cm³/mol. The maximum absolute atomic E-state index is 13.8. The number of amides is 2. The molecule has 13 heteroatoms. The SMILES string of the molecule is CCc1cc2c(c(OCC(F)(F)F)c(C(=O)NC3CCN(C(=O)CO)CC3)n2C)c(=O)n1Cc1cccc(Cl)c1. The Kier molecular flexibility index (Phi) is 8.79. The van der Waals surface area contributed by atoms with Gasteiger partial charge in [0.25, 0.3) is 11.5 Å². The summed E-state index contributed by atoms with van der Waals surface area (Å²) < 4.78 is 47.7. The second kappa shape index (κ2) is 11.9. The molecule has 2 aromatic heterocycles. The lowest BCUT2D eigenvalue weighted by Gasteiger charge is -2.32. The lowest BCUT2D eigenvalue weighted by molar-refractivity contribution is -0.153. The van der Waals surface area contributed by atoms with E-state index < -0.39 is 42.5 Å². The van der Waals surface area contributed by atoms with Crippen LogP contribution in [0.5, 0.6) is 5.75 Å². The fourth-order valence-corrected chi connectivity index (χ4v) is 5.23. The average molecular weight is 583 g/mol. The van der Waals surface area contributed by atoms with E-state index in [2.05, 4.69) is 5.32 Å². The van der Waals surface area contributed by atoms with E-state index in [1.165, 1.54) is 21.1 Å². The number of fused-ring (bicyclic) bond motifs is 1. The summed E-state index contributed by atoms with van der Waals surface area (Å²) in [6.45, 7) is 0.300. The highest BCUT2D eigenvalue weighted by Gasteiger charge is 2.34. The standard InChI is InChI=1S/C27H30ClF3N4O5/c1-3-19-12-20-22(26(39)35(19)13-16-5-4-6-17(28)11-16)24(40-15-27(29,30)31)23(33(20)2)25(38)32-18-7-9-34(10-8-18)21(37)14-36/h4-6,11-12,18,36H,3,7-10,13-15H2,1-2H3,(H,32,38). The van der Waals surface area contributed by atoms with Crippen molar-refractivity contribution in [3.63, 3.8) is 0 Å². The number of aryl methyl sites for hydroxylation is 2. The van der Waals surface area contributed by atoms with Crippen molar-refractivity contribution in [1.82, 2.24) is 19.4 Å². The first-order valence-electron chi connectivity index (χ1n) is 12.8. The van der Waals surface area contributed by atoms with Crippen molar-refractivity contribution in [3.05, 3.63) is 62.7 Å². The van der Waals surface area contributed by atoms with E-state index in [-0.39, 0.29) is 29.2 Å². The zero-order chi connectivity index (χ0) is 29.2. The highest BCUT2D eigenvalue weighted by molar-refractivity contribution is 6.30. The molecule has 2 N–H and O–H groups in total. The van der Waals surface area contributed by atoms with E-state index in [4.69, 9.17) is 21.4 Å². The molecule has 3 aromatic rings. The van der Waals surface area contributed by atoms with Gasteiger partial charge in [-0.2, -0.15) is 13.2 Å². The number of hydrogen-bond donors (Lipinski definition) is 2. The number of aliphatic hydroxyl groups excluding tert-OH is 1. The molecule has 1 fully saturated rings. The van der Waals surface area contributed by atoms with Gasteiger partial charge in [-0.1, -0.05) is 30.7 Å². The van der Waals surface area contributed by atoms with Gasteiger partial charge in [0.2, 0.25) is 5.91 Å². The number of aliphatic hydroxyl groups is 1. The summed E-state index contributed by atoms with van der Waals surface area (Å²) in [5.41, 5.74) is 0.828. The molecular formula is C27H30ClF3N4O5. The number of halogens is 4. The molecular weight excluding hydrogens is 553 g/mol. The third-order valence-electron chi connectivity index (χ3n) is 7.01. The minimum Gasteiger partial charge on any atom is -0.481 e. The number of nitrogens with zero attached hydrogens (tertiary/aromatic N) is 3. The molecule has 0 aliphatic carbocycles. The summed E-state index contributed by atoms with van der Waals surface area (Å²) >= 11 is 6.11. The molecule has 1 saturated heterocycles. The molecule has 0 bridgehead atoms. The third kappa shape index (κ3) is 6.28. The van der Waals surface area contributed by atoms with Crippen LogP contribution >= 0.6 is 11.6 Å². The summed E-state index contributed by atoms with van der Waals surface area (Å²) in [4.78, 5) is 40.5. The second-order valence-electron chi connectivity index (χ2n) is 9.70. The summed E-state index contributed by atoms with van der Waals surface area (Å²) in [5, 5.41) is 12.2. The highest BCUT2D eigenvalue weighted by Crippen LogP contribution is 2.33. The summed E-state index contributed by atoms with van der Waals surface area (Å²) in [6.07, 6.45) is -3.47. The predicted octanol–water partition coefficient (Wildman–Crippen LogP) is 3.26. The van der Waals surface area contributed by atoms with Gasteiger partial charge in [0, 0.05) is 36.9 Å². The van der Waals surface area contributed by atoms with Crippen molar-refractivity contribution in [2.45, 2.75) is 44.9 Å².